The van der Waals surface area contributed by atoms with Gasteiger partial charge < -0.3 is 9.88 Å². The Hall–Kier alpha value is -3.78. The van der Waals surface area contributed by atoms with Crippen molar-refractivity contribution in [2.75, 3.05) is 4.90 Å². The van der Waals surface area contributed by atoms with Crippen molar-refractivity contribution in [3.8, 4) is 0 Å². The first kappa shape index (κ1) is 17.9. The maximum absolute atomic E-state index is 3.63. The number of hydrogen-bond donors (Lipinski definition) is 1. The Morgan fingerprint density at radius 3 is 2.53 bits per heavy atom. The number of fused-ring (bicyclic) bond motifs is 6. The lowest BCUT2D eigenvalue weighted by Crippen LogP contribution is -2.16. The number of anilines is 2. The van der Waals surface area contributed by atoms with E-state index in [9.17, 15) is 0 Å². The molecule has 2 heterocycles. The zero-order chi connectivity index (χ0) is 21.1. The number of hydrogen-bond acceptors (Lipinski definition) is 1. The summed E-state index contributed by atoms with van der Waals surface area (Å²) in [5.74, 6) is 0.414. The van der Waals surface area contributed by atoms with Gasteiger partial charge in [0, 0.05) is 46.0 Å². The molecule has 1 aromatic heterocycles. The van der Waals surface area contributed by atoms with Crippen LogP contribution < -0.4 is 4.90 Å². The largest absolute Gasteiger partial charge is 0.358 e. The van der Waals surface area contributed by atoms with Gasteiger partial charge in [-0.15, -0.1) is 0 Å². The highest BCUT2D eigenvalue weighted by atomic mass is 15.2. The summed E-state index contributed by atoms with van der Waals surface area (Å²) in [6.45, 7) is 0. The molecule has 2 aliphatic carbocycles. The highest BCUT2D eigenvalue weighted by Gasteiger charge is 2.36. The van der Waals surface area contributed by atoms with E-state index in [1.807, 2.05) is 0 Å². The second-order valence-corrected chi connectivity index (χ2v) is 9.01. The summed E-state index contributed by atoms with van der Waals surface area (Å²) in [6, 6.07) is 28.4. The average Bonchev–Trinajstić information content (AvgIpc) is 3.39. The van der Waals surface area contributed by atoms with Crippen LogP contribution in [0.4, 0.5) is 11.4 Å². The first-order valence-corrected chi connectivity index (χ1v) is 11.5. The molecule has 0 amide bonds. The smallest absolute Gasteiger partial charge is 0.0497 e. The van der Waals surface area contributed by atoms with E-state index in [2.05, 4.69) is 107 Å². The molecule has 1 unspecified atom stereocenters. The predicted molar refractivity (Wildman–Crippen MR) is 132 cm³/mol. The van der Waals surface area contributed by atoms with E-state index in [4.69, 9.17) is 0 Å². The molecule has 1 aliphatic heterocycles. The number of H-pyrrole nitrogens is 1. The summed E-state index contributed by atoms with van der Waals surface area (Å²) >= 11 is 0. The topological polar surface area (TPSA) is 19.0 Å². The van der Waals surface area contributed by atoms with Crippen LogP contribution in [-0.4, -0.2) is 4.98 Å². The third-order valence-electron chi connectivity index (χ3n) is 7.30. The minimum atomic E-state index is 0.414. The van der Waals surface area contributed by atoms with Gasteiger partial charge in [0.15, 0.2) is 0 Å². The van der Waals surface area contributed by atoms with Crippen molar-refractivity contribution in [2.24, 2.45) is 0 Å². The van der Waals surface area contributed by atoms with Crippen molar-refractivity contribution in [2.45, 2.75) is 25.2 Å². The lowest BCUT2D eigenvalue weighted by atomic mass is 9.81. The van der Waals surface area contributed by atoms with Gasteiger partial charge in [-0.05, 0) is 65.5 Å². The molecule has 1 atom stereocenters. The van der Waals surface area contributed by atoms with E-state index in [0.29, 0.717) is 5.92 Å². The van der Waals surface area contributed by atoms with Gasteiger partial charge in [0.25, 0.3) is 0 Å². The predicted octanol–water partition coefficient (Wildman–Crippen LogP) is 7.34. The molecule has 154 valence electrons. The summed E-state index contributed by atoms with van der Waals surface area (Å²) in [4.78, 5) is 6.08. The summed E-state index contributed by atoms with van der Waals surface area (Å²) in [5.41, 5.74) is 12.5. The quantitative estimate of drug-likeness (QED) is 0.365. The summed E-state index contributed by atoms with van der Waals surface area (Å²) in [6.07, 6.45) is 10.3. The Bertz CT molecular complexity index is 1450. The van der Waals surface area contributed by atoms with Gasteiger partial charge in [-0.25, -0.2) is 0 Å². The molecule has 2 nitrogen and oxygen atoms in total. The van der Waals surface area contributed by atoms with Gasteiger partial charge in [0.1, 0.15) is 0 Å². The first-order chi connectivity index (χ1) is 15.9. The van der Waals surface area contributed by atoms with Gasteiger partial charge in [-0.2, -0.15) is 0 Å². The van der Waals surface area contributed by atoms with Gasteiger partial charge in [0.05, 0.1) is 0 Å². The van der Waals surface area contributed by atoms with Crippen LogP contribution in [0.15, 0.2) is 114 Å². The second kappa shape index (κ2) is 6.86. The Kier molecular flexibility index (Phi) is 3.83. The van der Waals surface area contributed by atoms with Crippen LogP contribution in [0.25, 0.3) is 10.9 Å². The van der Waals surface area contributed by atoms with Crippen LogP contribution in [0.5, 0.6) is 0 Å². The number of nitrogens with zero attached hydrogens (tertiary/aromatic N) is 1. The number of aromatic nitrogens is 1. The Balaban J connectivity index is 1.28. The summed E-state index contributed by atoms with van der Waals surface area (Å²) in [7, 11) is 0. The van der Waals surface area contributed by atoms with Crippen molar-refractivity contribution in [1.29, 1.82) is 0 Å². The molecule has 3 aliphatic rings. The molecular weight excluding hydrogens is 388 g/mol. The molecule has 0 saturated carbocycles. The molecule has 0 fully saturated rings. The van der Waals surface area contributed by atoms with Gasteiger partial charge >= 0.3 is 0 Å². The number of nitrogens with one attached hydrogen (secondary N) is 1. The van der Waals surface area contributed by atoms with Crippen molar-refractivity contribution in [3.05, 3.63) is 131 Å². The van der Waals surface area contributed by atoms with Crippen LogP contribution >= 0.6 is 0 Å². The third-order valence-corrected chi connectivity index (χ3v) is 7.30. The molecule has 0 bridgehead atoms. The van der Waals surface area contributed by atoms with Gasteiger partial charge in [-0.3, -0.25) is 0 Å². The Morgan fingerprint density at radius 2 is 1.59 bits per heavy atom. The molecule has 0 spiro atoms. The highest BCUT2D eigenvalue weighted by Crippen LogP contribution is 2.52. The fourth-order valence-electron chi connectivity index (χ4n) is 5.79. The van der Waals surface area contributed by atoms with Crippen LogP contribution in [-0.2, 0) is 12.8 Å². The standard InChI is InChI=1S/C30H24N2/c1-2-8-22(9-3-1)32-29-13-7-5-11-24(29)26-19-21(15-17-30(26)32)20-14-16-28-25(18-20)23-10-4-6-12-27(23)31-28/h1-15,17,26,31H,16,18-19H2. The van der Waals surface area contributed by atoms with Crippen LogP contribution in [0.2, 0.25) is 0 Å². The van der Waals surface area contributed by atoms with Crippen LogP contribution in [0.1, 0.15) is 29.2 Å². The third kappa shape index (κ3) is 2.59. The van der Waals surface area contributed by atoms with E-state index in [1.165, 1.54) is 55.9 Å². The van der Waals surface area contributed by atoms with Crippen LogP contribution in [0, 0.1) is 0 Å². The molecule has 2 heteroatoms. The average molecular weight is 413 g/mol. The van der Waals surface area contributed by atoms with Gasteiger partial charge in [0.2, 0.25) is 0 Å². The lowest BCUT2D eigenvalue weighted by Gasteiger charge is -2.27. The zero-order valence-electron chi connectivity index (χ0n) is 17.9. The van der Waals surface area contributed by atoms with E-state index >= 15 is 0 Å². The van der Waals surface area contributed by atoms with Crippen molar-refractivity contribution in [3.63, 3.8) is 0 Å². The number of allylic oxidation sites excluding steroid dienone is 6. The van der Waals surface area contributed by atoms with E-state index in [1.54, 1.807) is 0 Å². The van der Waals surface area contributed by atoms with E-state index < -0.39 is 0 Å². The highest BCUT2D eigenvalue weighted by molar-refractivity contribution is 5.86. The SMILES string of the molecule is C1=C(C2=CC=C3C(C2)c2ccccc2N3c2ccccc2)Cc2c([nH]c3ccccc23)C1. The summed E-state index contributed by atoms with van der Waals surface area (Å²) in [5, 5.41) is 1.38. The molecule has 32 heavy (non-hydrogen) atoms. The zero-order valence-corrected chi connectivity index (χ0v) is 17.9. The minimum Gasteiger partial charge on any atom is -0.358 e. The van der Waals surface area contributed by atoms with E-state index in [0.717, 1.165) is 19.3 Å². The maximum atomic E-state index is 3.63. The molecule has 0 radical (unpaired) electrons. The van der Waals surface area contributed by atoms with Crippen molar-refractivity contribution < 1.29 is 0 Å². The Morgan fingerprint density at radius 1 is 0.781 bits per heavy atom. The Labute approximate surface area is 188 Å². The number of benzene rings is 3. The fourth-order valence-corrected chi connectivity index (χ4v) is 5.79. The number of aromatic amines is 1. The molecule has 4 aromatic rings. The second-order valence-electron chi connectivity index (χ2n) is 9.01. The van der Waals surface area contributed by atoms with Crippen LogP contribution in [0.3, 0.4) is 0 Å². The van der Waals surface area contributed by atoms with E-state index in [-0.39, 0.29) is 0 Å². The normalized spacial score (nSPS) is 19.1. The molecule has 7 rings (SSSR count). The molecular formula is C30H24N2. The minimum absolute atomic E-state index is 0.414. The van der Waals surface area contributed by atoms with Crippen molar-refractivity contribution in [1.82, 2.24) is 4.98 Å². The van der Waals surface area contributed by atoms with Crippen molar-refractivity contribution >= 4 is 22.3 Å². The molecule has 3 aromatic carbocycles. The van der Waals surface area contributed by atoms with Gasteiger partial charge in [-0.1, -0.05) is 66.7 Å². The lowest BCUT2D eigenvalue weighted by molar-refractivity contribution is 0.779. The number of rotatable bonds is 2. The fraction of sp³-hybridized carbons (Fsp3) is 0.133. The summed E-state index contributed by atoms with van der Waals surface area (Å²) < 4.78 is 0. The molecule has 0 saturated heterocycles. The monoisotopic (exact) mass is 412 g/mol. The maximum Gasteiger partial charge on any atom is 0.0497 e. The number of para-hydroxylation sites is 3. The molecule has 1 N–H and O–H groups in total. The first-order valence-electron chi connectivity index (χ1n) is 11.5.